The van der Waals surface area contributed by atoms with Crippen molar-refractivity contribution in [3.63, 3.8) is 0 Å². The molecule has 174 valence electrons. The van der Waals surface area contributed by atoms with E-state index in [1.165, 1.54) is 5.56 Å². The quantitative estimate of drug-likeness (QED) is 0.570. The number of nitrogens with zero attached hydrogens (tertiary/aromatic N) is 6. The molecule has 9 heteroatoms. The largest absolute Gasteiger partial charge is 0.493 e. The molecule has 0 radical (unpaired) electrons. The molecule has 0 unspecified atom stereocenters. The number of benzene rings is 2. The monoisotopic (exact) mass is 468 g/mol. The molecule has 5 rings (SSSR count). The van der Waals surface area contributed by atoms with Crippen LogP contribution in [-0.2, 0) is 6.54 Å². The molecule has 0 spiro atoms. The molecule has 1 fully saturated rings. The molecular weight excluding hydrogens is 440 g/mol. The first-order chi connectivity index (χ1) is 15.6. The Kier molecular flexibility index (Phi) is 6.67. The first-order valence-corrected chi connectivity index (χ1v) is 11.0. The second-order valence-electron chi connectivity index (χ2n) is 8.38. The molecule has 1 aromatic heterocycles. The van der Waals surface area contributed by atoms with E-state index in [2.05, 4.69) is 51.6 Å². The topological polar surface area (TPSA) is 77.7 Å². The van der Waals surface area contributed by atoms with Gasteiger partial charge in [-0.05, 0) is 49.8 Å². The number of aryl methyl sites for hydroxylation is 1. The number of tetrazole rings is 1. The van der Waals surface area contributed by atoms with Crippen LogP contribution < -0.4 is 9.47 Å². The molecule has 2 atom stereocenters. The Morgan fingerprint density at radius 1 is 1.03 bits per heavy atom. The zero-order valence-electron chi connectivity index (χ0n) is 19.4. The van der Waals surface area contributed by atoms with Gasteiger partial charge in [-0.2, -0.15) is 4.80 Å². The zero-order valence-corrected chi connectivity index (χ0v) is 20.2. The minimum absolute atomic E-state index is 0. The molecule has 1 saturated heterocycles. The molecule has 0 amide bonds. The number of rotatable bonds is 5. The van der Waals surface area contributed by atoms with Gasteiger partial charge in [-0.3, -0.25) is 4.99 Å². The zero-order chi connectivity index (χ0) is 22.2. The third kappa shape index (κ3) is 4.20. The number of likely N-dealkylation sites (tertiary alicyclic amines) is 1. The molecular formula is C24H29ClN6O2. The van der Waals surface area contributed by atoms with E-state index in [0.29, 0.717) is 18.3 Å². The van der Waals surface area contributed by atoms with Crippen molar-refractivity contribution in [3.8, 4) is 22.9 Å². The van der Waals surface area contributed by atoms with Gasteiger partial charge in [0.25, 0.3) is 0 Å². The van der Waals surface area contributed by atoms with Crippen molar-refractivity contribution in [1.29, 1.82) is 0 Å². The highest BCUT2D eigenvalue weighted by Crippen LogP contribution is 2.42. The van der Waals surface area contributed by atoms with Gasteiger partial charge in [0.1, 0.15) is 0 Å². The minimum Gasteiger partial charge on any atom is -0.493 e. The Morgan fingerprint density at radius 3 is 2.39 bits per heavy atom. The van der Waals surface area contributed by atoms with Gasteiger partial charge in [0.05, 0.1) is 32.5 Å². The summed E-state index contributed by atoms with van der Waals surface area (Å²) in [5.74, 6) is 2.46. The third-order valence-electron chi connectivity index (χ3n) is 6.44. The van der Waals surface area contributed by atoms with Crippen LogP contribution in [0.1, 0.15) is 36.0 Å². The van der Waals surface area contributed by atoms with Crippen LogP contribution >= 0.6 is 12.4 Å². The number of ether oxygens (including phenoxy) is 2. The van der Waals surface area contributed by atoms with Crippen LogP contribution in [0.15, 0.2) is 41.4 Å². The summed E-state index contributed by atoms with van der Waals surface area (Å²) < 4.78 is 11.2. The van der Waals surface area contributed by atoms with Gasteiger partial charge < -0.3 is 14.4 Å². The first kappa shape index (κ1) is 23.2. The van der Waals surface area contributed by atoms with Crippen molar-refractivity contribution in [2.45, 2.75) is 31.8 Å². The summed E-state index contributed by atoms with van der Waals surface area (Å²) in [6.45, 7) is 4.73. The maximum absolute atomic E-state index is 5.63. The number of hydrogen-bond acceptors (Lipinski definition) is 7. The summed E-state index contributed by atoms with van der Waals surface area (Å²) in [4.78, 5) is 9.22. The average Bonchev–Trinajstić information content (AvgIpc) is 3.32. The van der Waals surface area contributed by atoms with E-state index < -0.39 is 0 Å². The molecule has 2 aromatic carbocycles. The number of aromatic nitrogens is 4. The standard InChI is InChI=1S/C24H28N6O2.ClH/c1-5-30-27-24(26-28-30)16-8-6-15(7-9-16)23-18-13-22(32-4)21(31-3)12-17(18)19-14-29(2)11-10-20(19)25-23;/h6-9,12-13,19-20H,5,10-11,14H2,1-4H3;1H/t19-,20-;/m1./s1. The van der Waals surface area contributed by atoms with Crippen molar-refractivity contribution in [2.75, 3.05) is 34.4 Å². The van der Waals surface area contributed by atoms with Crippen LogP contribution in [0.3, 0.4) is 0 Å². The Hall–Kier alpha value is -2.97. The molecule has 8 nitrogen and oxygen atoms in total. The van der Waals surface area contributed by atoms with Crippen LogP contribution in [0, 0.1) is 0 Å². The number of aliphatic imine (C=N–C) groups is 1. The van der Waals surface area contributed by atoms with Gasteiger partial charge in [-0.25, -0.2) is 0 Å². The van der Waals surface area contributed by atoms with Crippen molar-refractivity contribution in [1.82, 2.24) is 25.1 Å². The molecule has 3 heterocycles. The fourth-order valence-corrected chi connectivity index (χ4v) is 4.70. The second-order valence-corrected chi connectivity index (χ2v) is 8.38. The van der Waals surface area contributed by atoms with Crippen LogP contribution in [-0.4, -0.2) is 71.2 Å². The normalized spacial score (nSPS) is 19.7. The Bertz CT molecular complexity index is 1160. The van der Waals surface area contributed by atoms with Crippen LogP contribution in [0.2, 0.25) is 0 Å². The third-order valence-corrected chi connectivity index (χ3v) is 6.44. The molecule has 3 aromatic rings. The SMILES string of the molecule is CCn1nnc(-c2ccc(C3=N[C@@H]4CCN(C)C[C@@H]4c4cc(OC)c(OC)cc43)cc2)n1.Cl. The van der Waals surface area contributed by atoms with Crippen molar-refractivity contribution >= 4 is 18.1 Å². The summed E-state index contributed by atoms with van der Waals surface area (Å²) in [6.07, 6.45) is 1.04. The number of methoxy groups -OCH3 is 2. The maximum atomic E-state index is 5.63. The summed E-state index contributed by atoms with van der Waals surface area (Å²) >= 11 is 0. The Labute approximate surface area is 200 Å². The molecule has 0 bridgehead atoms. The van der Waals surface area contributed by atoms with E-state index in [-0.39, 0.29) is 18.4 Å². The van der Waals surface area contributed by atoms with Crippen molar-refractivity contribution < 1.29 is 9.47 Å². The lowest BCUT2D eigenvalue weighted by molar-refractivity contribution is 0.227. The highest BCUT2D eigenvalue weighted by atomic mass is 35.5. The van der Waals surface area contributed by atoms with Gasteiger partial charge in [0.2, 0.25) is 5.82 Å². The molecule has 0 saturated carbocycles. The lowest BCUT2D eigenvalue weighted by Crippen LogP contribution is -2.41. The summed E-state index contributed by atoms with van der Waals surface area (Å²) in [7, 11) is 5.54. The molecule has 2 aliphatic rings. The smallest absolute Gasteiger partial charge is 0.204 e. The van der Waals surface area contributed by atoms with E-state index in [0.717, 1.165) is 53.4 Å². The van der Waals surface area contributed by atoms with Gasteiger partial charge in [0, 0.05) is 29.2 Å². The van der Waals surface area contributed by atoms with Gasteiger partial charge in [-0.15, -0.1) is 22.6 Å². The molecule has 2 aliphatic heterocycles. The van der Waals surface area contributed by atoms with Gasteiger partial charge >= 0.3 is 0 Å². The first-order valence-electron chi connectivity index (χ1n) is 11.0. The minimum atomic E-state index is 0. The number of halogens is 1. The number of piperidine rings is 1. The lowest BCUT2D eigenvalue weighted by atomic mass is 9.79. The summed E-state index contributed by atoms with van der Waals surface area (Å²) in [5, 5.41) is 12.6. The van der Waals surface area contributed by atoms with Crippen LogP contribution in [0.4, 0.5) is 0 Å². The predicted octanol–water partition coefficient (Wildman–Crippen LogP) is 3.44. The number of fused-ring (bicyclic) bond motifs is 3. The molecule has 0 N–H and O–H groups in total. The van der Waals surface area contributed by atoms with E-state index in [1.807, 2.05) is 19.1 Å². The van der Waals surface area contributed by atoms with Gasteiger partial charge in [0.15, 0.2) is 11.5 Å². The maximum Gasteiger partial charge on any atom is 0.204 e. The Morgan fingerprint density at radius 2 is 1.73 bits per heavy atom. The van der Waals surface area contributed by atoms with Crippen LogP contribution in [0.25, 0.3) is 11.4 Å². The Balaban J connectivity index is 0.00000259. The number of hydrogen-bond donors (Lipinski definition) is 0. The van der Waals surface area contributed by atoms with Crippen LogP contribution in [0.5, 0.6) is 11.5 Å². The summed E-state index contributed by atoms with van der Waals surface area (Å²) in [5.41, 5.74) is 5.41. The van der Waals surface area contributed by atoms with Crippen molar-refractivity contribution in [2.24, 2.45) is 4.99 Å². The van der Waals surface area contributed by atoms with E-state index in [1.54, 1.807) is 19.0 Å². The lowest BCUT2D eigenvalue weighted by Gasteiger charge is -2.39. The number of likely N-dealkylation sites (N-methyl/N-ethyl adjacent to an activating group) is 1. The molecule has 0 aliphatic carbocycles. The highest BCUT2D eigenvalue weighted by Gasteiger charge is 2.36. The highest BCUT2D eigenvalue weighted by molar-refractivity contribution is 6.15. The summed E-state index contributed by atoms with van der Waals surface area (Å²) in [6, 6.07) is 12.7. The fraction of sp³-hybridized carbons (Fsp3) is 0.417. The van der Waals surface area contributed by atoms with Crippen molar-refractivity contribution in [3.05, 3.63) is 53.1 Å². The van der Waals surface area contributed by atoms with E-state index in [9.17, 15) is 0 Å². The average molecular weight is 469 g/mol. The van der Waals surface area contributed by atoms with E-state index in [4.69, 9.17) is 14.5 Å². The predicted molar refractivity (Wildman–Crippen MR) is 130 cm³/mol. The van der Waals surface area contributed by atoms with E-state index >= 15 is 0 Å². The van der Waals surface area contributed by atoms with Gasteiger partial charge in [-0.1, -0.05) is 24.3 Å². The second kappa shape index (κ2) is 9.49. The molecule has 33 heavy (non-hydrogen) atoms. The fourth-order valence-electron chi connectivity index (χ4n) is 4.70.